The second-order valence-corrected chi connectivity index (χ2v) is 6.01. The van der Waals surface area contributed by atoms with E-state index in [4.69, 9.17) is 4.42 Å². The lowest BCUT2D eigenvalue weighted by Gasteiger charge is -2.34. The molecule has 0 aromatic carbocycles. The first-order valence-corrected chi connectivity index (χ1v) is 8.27. The van der Waals surface area contributed by atoms with Gasteiger partial charge in [0.2, 0.25) is 0 Å². The summed E-state index contributed by atoms with van der Waals surface area (Å²) in [4.78, 5) is 6.97. The molecule has 1 N–H and O–H groups in total. The highest BCUT2D eigenvalue weighted by Gasteiger charge is 2.22. The smallest absolute Gasteiger partial charge is 0.117 e. The van der Waals surface area contributed by atoms with Crippen LogP contribution in [-0.4, -0.2) is 29.0 Å². The van der Waals surface area contributed by atoms with Gasteiger partial charge in [0.25, 0.3) is 0 Å². The van der Waals surface area contributed by atoms with E-state index >= 15 is 0 Å². The topological polar surface area (TPSA) is 41.3 Å². The van der Waals surface area contributed by atoms with Crippen LogP contribution in [-0.2, 0) is 6.54 Å². The van der Waals surface area contributed by atoms with Crippen LogP contribution in [0.4, 0.5) is 0 Å². The zero-order valence-corrected chi connectivity index (χ0v) is 13.2. The SMILES string of the molecule is CC[C@@H](NC1CCN(Cc2ccco2)CC1)c1ccccn1. The minimum absolute atomic E-state index is 0.364. The Balaban J connectivity index is 1.48. The molecule has 1 atom stereocenters. The molecule has 4 nitrogen and oxygen atoms in total. The normalized spacial score (nSPS) is 18.4. The lowest BCUT2D eigenvalue weighted by Crippen LogP contribution is -2.43. The summed E-state index contributed by atoms with van der Waals surface area (Å²) in [6.45, 7) is 5.39. The molecule has 2 aromatic rings. The zero-order chi connectivity index (χ0) is 15.2. The lowest BCUT2D eigenvalue weighted by molar-refractivity contribution is 0.172. The number of likely N-dealkylation sites (tertiary alicyclic amines) is 1. The fraction of sp³-hybridized carbons (Fsp3) is 0.500. The van der Waals surface area contributed by atoms with Crippen LogP contribution in [0.2, 0.25) is 0 Å². The van der Waals surface area contributed by atoms with Crippen LogP contribution in [0.25, 0.3) is 0 Å². The van der Waals surface area contributed by atoms with Crippen LogP contribution >= 0.6 is 0 Å². The number of hydrogen-bond donors (Lipinski definition) is 1. The first-order valence-electron chi connectivity index (χ1n) is 8.27. The highest BCUT2D eigenvalue weighted by atomic mass is 16.3. The molecule has 0 radical (unpaired) electrons. The minimum atomic E-state index is 0.364. The Labute approximate surface area is 132 Å². The summed E-state index contributed by atoms with van der Waals surface area (Å²) >= 11 is 0. The van der Waals surface area contributed by atoms with Crippen molar-refractivity contribution in [1.82, 2.24) is 15.2 Å². The summed E-state index contributed by atoms with van der Waals surface area (Å²) in [7, 11) is 0. The van der Waals surface area contributed by atoms with Crippen molar-refractivity contribution in [2.75, 3.05) is 13.1 Å². The molecular formula is C18H25N3O. The van der Waals surface area contributed by atoms with Gasteiger partial charge in [-0.1, -0.05) is 13.0 Å². The van der Waals surface area contributed by atoms with Gasteiger partial charge in [-0.05, 0) is 43.5 Å². The van der Waals surface area contributed by atoms with Crippen molar-refractivity contribution in [2.24, 2.45) is 0 Å². The number of hydrogen-bond acceptors (Lipinski definition) is 4. The number of pyridine rings is 1. The summed E-state index contributed by atoms with van der Waals surface area (Å²) in [6.07, 6.45) is 7.08. The Bertz CT molecular complexity index is 533. The lowest BCUT2D eigenvalue weighted by atomic mass is 10.0. The van der Waals surface area contributed by atoms with E-state index in [-0.39, 0.29) is 0 Å². The Morgan fingerprint density at radius 1 is 1.27 bits per heavy atom. The maximum atomic E-state index is 5.44. The zero-order valence-electron chi connectivity index (χ0n) is 13.2. The number of piperidine rings is 1. The predicted molar refractivity (Wildman–Crippen MR) is 87.4 cm³/mol. The molecule has 0 aliphatic carbocycles. The van der Waals surface area contributed by atoms with E-state index < -0.39 is 0 Å². The van der Waals surface area contributed by atoms with E-state index in [0.717, 1.165) is 37.5 Å². The summed E-state index contributed by atoms with van der Waals surface area (Å²) in [5, 5.41) is 3.79. The van der Waals surface area contributed by atoms with Crippen molar-refractivity contribution in [3.8, 4) is 0 Å². The summed E-state index contributed by atoms with van der Waals surface area (Å²) in [5.74, 6) is 1.06. The standard InChI is InChI=1S/C18H25N3O/c1-2-17(18-7-3-4-10-19-18)20-15-8-11-21(12-9-15)14-16-6-5-13-22-16/h3-7,10,13,15,17,20H,2,8-9,11-12,14H2,1H3/t17-/m1/s1. The molecule has 3 rings (SSSR count). The molecule has 118 valence electrons. The highest BCUT2D eigenvalue weighted by molar-refractivity contribution is 5.09. The van der Waals surface area contributed by atoms with Crippen LogP contribution in [0.15, 0.2) is 47.2 Å². The third-order valence-corrected chi connectivity index (χ3v) is 4.44. The summed E-state index contributed by atoms with van der Waals surface area (Å²) in [5.41, 5.74) is 1.16. The Morgan fingerprint density at radius 3 is 2.77 bits per heavy atom. The third kappa shape index (κ3) is 3.96. The van der Waals surface area contributed by atoms with E-state index in [0.29, 0.717) is 12.1 Å². The number of furan rings is 1. The molecule has 3 heterocycles. The molecule has 2 aromatic heterocycles. The molecular weight excluding hydrogens is 274 g/mol. The quantitative estimate of drug-likeness (QED) is 0.888. The Kier molecular flexibility index (Phi) is 5.24. The number of rotatable bonds is 6. The van der Waals surface area contributed by atoms with Gasteiger partial charge in [-0.2, -0.15) is 0 Å². The van der Waals surface area contributed by atoms with Gasteiger partial charge >= 0.3 is 0 Å². The van der Waals surface area contributed by atoms with Crippen molar-refractivity contribution in [1.29, 1.82) is 0 Å². The van der Waals surface area contributed by atoms with Gasteiger partial charge in [0.1, 0.15) is 5.76 Å². The first-order chi connectivity index (χ1) is 10.8. The molecule has 0 bridgehead atoms. The molecule has 1 saturated heterocycles. The third-order valence-electron chi connectivity index (χ3n) is 4.44. The van der Waals surface area contributed by atoms with Crippen LogP contribution < -0.4 is 5.32 Å². The van der Waals surface area contributed by atoms with Crippen molar-refractivity contribution in [2.45, 2.75) is 44.8 Å². The fourth-order valence-electron chi connectivity index (χ4n) is 3.16. The molecule has 1 aliphatic heterocycles. The van der Waals surface area contributed by atoms with Crippen LogP contribution in [0.1, 0.15) is 43.7 Å². The van der Waals surface area contributed by atoms with Gasteiger partial charge in [0.15, 0.2) is 0 Å². The monoisotopic (exact) mass is 299 g/mol. The van der Waals surface area contributed by atoms with E-state index in [9.17, 15) is 0 Å². The number of aromatic nitrogens is 1. The van der Waals surface area contributed by atoms with Gasteiger partial charge in [-0.3, -0.25) is 9.88 Å². The maximum Gasteiger partial charge on any atom is 0.117 e. The number of nitrogens with one attached hydrogen (secondary N) is 1. The Hall–Kier alpha value is -1.65. The van der Waals surface area contributed by atoms with Gasteiger partial charge in [0, 0.05) is 31.4 Å². The van der Waals surface area contributed by atoms with E-state index in [1.54, 1.807) is 6.26 Å². The van der Waals surface area contributed by atoms with Crippen molar-refractivity contribution >= 4 is 0 Å². The molecule has 0 amide bonds. The molecule has 0 unspecified atom stereocenters. The van der Waals surface area contributed by atoms with Crippen LogP contribution in [0.3, 0.4) is 0 Å². The molecule has 0 saturated carbocycles. The molecule has 4 heteroatoms. The minimum Gasteiger partial charge on any atom is -0.468 e. The first kappa shape index (κ1) is 15.3. The largest absolute Gasteiger partial charge is 0.468 e. The van der Waals surface area contributed by atoms with Gasteiger partial charge in [-0.15, -0.1) is 0 Å². The van der Waals surface area contributed by atoms with Gasteiger partial charge in [-0.25, -0.2) is 0 Å². The van der Waals surface area contributed by atoms with Gasteiger partial charge in [0.05, 0.1) is 18.5 Å². The van der Waals surface area contributed by atoms with Crippen molar-refractivity contribution < 1.29 is 4.42 Å². The van der Waals surface area contributed by atoms with E-state index in [1.165, 1.54) is 12.8 Å². The second kappa shape index (κ2) is 7.56. The number of nitrogens with zero attached hydrogens (tertiary/aromatic N) is 2. The van der Waals surface area contributed by atoms with E-state index in [1.807, 2.05) is 18.3 Å². The molecule has 0 spiro atoms. The van der Waals surface area contributed by atoms with E-state index in [2.05, 4.69) is 40.3 Å². The summed E-state index contributed by atoms with van der Waals surface area (Å²) in [6, 6.07) is 11.1. The van der Waals surface area contributed by atoms with Gasteiger partial charge < -0.3 is 9.73 Å². The maximum absolute atomic E-state index is 5.44. The fourth-order valence-corrected chi connectivity index (χ4v) is 3.16. The Morgan fingerprint density at radius 2 is 2.14 bits per heavy atom. The van der Waals surface area contributed by atoms with Crippen LogP contribution in [0, 0.1) is 0 Å². The molecule has 1 fully saturated rings. The summed E-state index contributed by atoms with van der Waals surface area (Å²) < 4.78 is 5.44. The van der Waals surface area contributed by atoms with Crippen molar-refractivity contribution in [3.63, 3.8) is 0 Å². The molecule has 22 heavy (non-hydrogen) atoms. The average molecular weight is 299 g/mol. The highest BCUT2D eigenvalue weighted by Crippen LogP contribution is 2.19. The average Bonchev–Trinajstić information content (AvgIpc) is 3.08. The van der Waals surface area contributed by atoms with Crippen molar-refractivity contribution in [3.05, 3.63) is 54.2 Å². The predicted octanol–water partition coefficient (Wildman–Crippen LogP) is 3.38. The second-order valence-electron chi connectivity index (χ2n) is 6.01. The van der Waals surface area contributed by atoms with Crippen LogP contribution in [0.5, 0.6) is 0 Å². The molecule has 1 aliphatic rings.